The fraction of sp³-hybridized carbons (Fsp3) is 0.136. The fourth-order valence-corrected chi connectivity index (χ4v) is 3.18. The molecule has 2 N–H and O–H groups in total. The van der Waals surface area contributed by atoms with E-state index in [1.165, 1.54) is 0 Å². The number of nitrogens with two attached hydrogens (primary N) is 1. The van der Waals surface area contributed by atoms with Crippen LogP contribution in [0.3, 0.4) is 0 Å². The molecule has 3 aromatic rings. The molecule has 0 spiro atoms. The molecule has 0 saturated heterocycles. The Morgan fingerprint density at radius 1 is 1.00 bits per heavy atom. The number of allylic oxidation sites excluding steroid dienone is 1. The summed E-state index contributed by atoms with van der Waals surface area (Å²) in [5.74, 6) is -0.384. The van der Waals surface area contributed by atoms with Gasteiger partial charge in [0.05, 0.1) is 5.56 Å². The van der Waals surface area contributed by atoms with Gasteiger partial charge in [0.25, 0.3) is 0 Å². The van der Waals surface area contributed by atoms with Crippen LogP contribution >= 0.6 is 0 Å². The van der Waals surface area contributed by atoms with Gasteiger partial charge in [0.2, 0.25) is 5.91 Å². The largest absolute Gasteiger partial charge is 0.366 e. The van der Waals surface area contributed by atoms with Gasteiger partial charge in [-0.1, -0.05) is 61.2 Å². The molecule has 1 amide bonds. The number of hydrogen-bond acceptors (Lipinski definition) is 1. The minimum atomic E-state index is -0.384. The third kappa shape index (κ3) is 2.83. The van der Waals surface area contributed by atoms with Crippen molar-refractivity contribution in [1.29, 1.82) is 0 Å². The van der Waals surface area contributed by atoms with Crippen LogP contribution in [-0.2, 0) is 6.42 Å². The molecule has 0 radical (unpaired) electrons. The van der Waals surface area contributed by atoms with Crippen LogP contribution in [0.1, 0.15) is 32.6 Å². The maximum absolute atomic E-state index is 12.2. The summed E-state index contributed by atoms with van der Waals surface area (Å²) in [7, 11) is 0. The van der Waals surface area contributed by atoms with Gasteiger partial charge in [-0.3, -0.25) is 4.79 Å². The molecule has 3 rings (SSSR count). The van der Waals surface area contributed by atoms with Gasteiger partial charge in [-0.25, -0.2) is 0 Å². The van der Waals surface area contributed by atoms with E-state index in [9.17, 15) is 4.79 Å². The van der Waals surface area contributed by atoms with E-state index in [4.69, 9.17) is 5.73 Å². The van der Waals surface area contributed by atoms with Crippen molar-refractivity contribution in [3.8, 4) is 0 Å². The molecule has 0 aliphatic carbocycles. The third-order valence-corrected chi connectivity index (χ3v) is 4.64. The highest BCUT2D eigenvalue weighted by atomic mass is 16.1. The zero-order valence-corrected chi connectivity index (χ0v) is 14.1. The quantitative estimate of drug-likeness (QED) is 0.737. The van der Waals surface area contributed by atoms with E-state index in [2.05, 4.69) is 25.6 Å². The molecule has 0 atom stereocenters. The Morgan fingerprint density at radius 3 is 2.33 bits per heavy atom. The molecule has 0 aliphatic rings. The Labute approximate surface area is 142 Å². The van der Waals surface area contributed by atoms with E-state index >= 15 is 0 Å². The summed E-state index contributed by atoms with van der Waals surface area (Å²) in [5, 5.41) is 2.00. The SMILES string of the molecule is C=C(Cc1ccc2ccc(C)c(C)c2c1C(N)=O)c1ccccc1. The minimum absolute atomic E-state index is 0.384. The number of fused-ring (bicyclic) bond motifs is 1. The first-order chi connectivity index (χ1) is 11.5. The summed E-state index contributed by atoms with van der Waals surface area (Å²) >= 11 is 0. The van der Waals surface area contributed by atoms with Crippen molar-refractivity contribution >= 4 is 22.3 Å². The summed E-state index contributed by atoms with van der Waals surface area (Å²) < 4.78 is 0. The Balaban J connectivity index is 2.15. The number of primary amides is 1. The van der Waals surface area contributed by atoms with Crippen LogP contribution in [0.15, 0.2) is 61.2 Å². The van der Waals surface area contributed by atoms with Crippen molar-refractivity contribution in [2.75, 3.05) is 0 Å². The topological polar surface area (TPSA) is 43.1 Å². The van der Waals surface area contributed by atoms with Crippen LogP contribution in [-0.4, -0.2) is 5.91 Å². The second kappa shape index (κ2) is 6.32. The van der Waals surface area contributed by atoms with E-state index in [1.807, 2.05) is 49.4 Å². The maximum Gasteiger partial charge on any atom is 0.249 e. The van der Waals surface area contributed by atoms with Crippen LogP contribution in [0, 0.1) is 13.8 Å². The number of carbonyl (C=O) groups excluding carboxylic acids is 1. The van der Waals surface area contributed by atoms with E-state index < -0.39 is 0 Å². The first-order valence-electron chi connectivity index (χ1n) is 8.04. The molecule has 24 heavy (non-hydrogen) atoms. The van der Waals surface area contributed by atoms with Crippen LogP contribution < -0.4 is 5.73 Å². The van der Waals surface area contributed by atoms with E-state index in [0.29, 0.717) is 12.0 Å². The van der Waals surface area contributed by atoms with Crippen LogP contribution in [0.4, 0.5) is 0 Å². The van der Waals surface area contributed by atoms with E-state index in [0.717, 1.165) is 38.6 Å². The molecule has 0 unspecified atom stereocenters. The van der Waals surface area contributed by atoms with Gasteiger partial charge in [-0.05, 0) is 58.9 Å². The monoisotopic (exact) mass is 315 g/mol. The Hall–Kier alpha value is -2.87. The van der Waals surface area contributed by atoms with Crippen molar-refractivity contribution < 1.29 is 4.79 Å². The molecular formula is C22H21NO. The molecule has 0 saturated carbocycles. The highest BCUT2D eigenvalue weighted by molar-refractivity contribution is 6.09. The van der Waals surface area contributed by atoms with Gasteiger partial charge in [-0.2, -0.15) is 0 Å². The lowest BCUT2D eigenvalue weighted by atomic mass is 9.89. The van der Waals surface area contributed by atoms with Crippen molar-refractivity contribution in [2.24, 2.45) is 5.73 Å². The van der Waals surface area contributed by atoms with Gasteiger partial charge in [0.1, 0.15) is 0 Å². The second-order valence-corrected chi connectivity index (χ2v) is 6.22. The predicted octanol–water partition coefficient (Wildman–Crippen LogP) is 4.81. The highest BCUT2D eigenvalue weighted by Crippen LogP contribution is 2.30. The average molecular weight is 315 g/mol. The van der Waals surface area contributed by atoms with Crippen molar-refractivity contribution in [3.63, 3.8) is 0 Å². The smallest absolute Gasteiger partial charge is 0.249 e. The summed E-state index contributed by atoms with van der Waals surface area (Å²) in [5.41, 5.74) is 11.6. The van der Waals surface area contributed by atoms with Crippen molar-refractivity contribution in [1.82, 2.24) is 0 Å². The first-order valence-corrected chi connectivity index (χ1v) is 8.04. The molecular weight excluding hydrogens is 294 g/mol. The molecule has 2 nitrogen and oxygen atoms in total. The highest BCUT2D eigenvalue weighted by Gasteiger charge is 2.16. The minimum Gasteiger partial charge on any atom is -0.366 e. The molecule has 3 aromatic carbocycles. The van der Waals surface area contributed by atoms with Crippen molar-refractivity contribution in [3.05, 3.63) is 89.0 Å². The Bertz CT molecular complexity index is 939. The predicted molar refractivity (Wildman–Crippen MR) is 101 cm³/mol. The zero-order chi connectivity index (χ0) is 17.3. The maximum atomic E-state index is 12.2. The third-order valence-electron chi connectivity index (χ3n) is 4.64. The van der Waals surface area contributed by atoms with Crippen molar-refractivity contribution in [2.45, 2.75) is 20.3 Å². The summed E-state index contributed by atoms with van der Waals surface area (Å²) in [6.07, 6.45) is 0.603. The lowest BCUT2D eigenvalue weighted by Gasteiger charge is -2.15. The average Bonchev–Trinajstić information content (AvgIpc) is 2.58. The number of aryl methyl sites for hydroxylation is 2. The van der Waals surface area contributed by atoms with Crippen LogP contribution in [0.25, 0.3) is 16.3 Å². The van der Waals surface area contributed by atoms with Gasteiger partial charge in [0.15, 0.2) is 0 Å². The van der Waals surface area contributed by atoms with Gasteiger partial charge >= 0.3 is 0 Å². The number of carbonyl (C=O) groups is 1. The Morgan fingerprint density at radius 2 is 1.67 bits per heavy atom. The molecule has 0 aromatic heterocycles. The molecule has 2 heteroatoms. The van der Waals surface area contributed by atoms with Crippen LogP contribution in [0.2, 0.25) is 0 Å². The number of rotatable bonds is 4. The normalized spacial score (nSPS) is 10.8. The summed E-state index contributed by atoms with van der Waals surface area (Å²) in [6.45, 7) is 8.28. The lowest BCUT2D eigenvalue weighted by molar-refractivity contribution is 0.100. The van der Waals surface area contributed by atoms with Gasteiger partial charge in [-0.15, -0.1) is 0 Å². The first kappa shape index (κ1) is 16.0. The van der Waals surface area contributed by atoms with Crippen LogP contribution in [0.5, 0.6) is 0 Å². The standard InChI is InChI=1S/C22H21NO/c1-14-9-10-18-11-12-19(21(22(23)24)20(18)16(14)3)13-15(2)17-7-5-4-6-8-17/h4-12H,2,13H2,1,3H3,(H2,23,24). The van der Waals surface area contributed by atoms with Gasteiger partial charge < -0.3 is 5.73 Å². The van der Waals surface area contributed by atoms with Gasteiger partial charge in [0, 0.05) is 0 Å². The summed E-state index contributed by atoms with van der Waals surface area (Å²) in [4.78, 5) is 12.2. The molecule has 0 aliphatic heterocycles. The number of benzene rings is 3. The number of amides is 1. The number of hydrogen-bond donors (Lipinski definition) is 1. The molecule has 0 bridgehead atoms. The lowest BCUT2D eigenvalue weighted by Crippen LogP contribution is -2.15. The molecule has 0 heterocycles. The summed E-state index contributed by atoms with van der Waals surface area (Å²) in [6, 6.07) is 18.2. The second-order valence-electron chi connectivity index (χ2n) is 6.22. The fourth-order valence-electron chi connectivity index (χ4n) is 3.18. The molecule has 0 fully saturated rings. The Kier molecular flexibility index (Phi) is 4.22. The van der Waals surface area contributed by atoms with E-state index in [-0.39, 0.29) is 5.91 Å². The molecule has 120 valence electrons. The van der Waals surface area contributed by atoms with E-state index in [1.54, 1.807) is 0 Å². The zero-order valence-electron chi connectivity index (χ0n) is 14.1.